The summed E-state index contributed by atoms with van der Waals surface area (Å²) in [4.78, 5) is 19.7. The summed E-state index contributed by atoms with van der Waals surface area (Å²) < 4.78 is 39.9. The second-order valence-corrected chi connectivity index (χ2v) is 9.16. The van der Waals surface area contributed by atoms with Crippen molar-refractivity contribution in [1.82, 2.24) is 14.5 Å². The minimum Gasteiger partial charge on any atom is -0.385 e. The predicted octanol–water partition coefficient (Wildman–Crippen LogP) is 4.89. The number of halogens is 3. The molecule has 0 bridgehead atoms. The van der Waals surface area contributed by atoms with Crippen LogP contribution >= 0.6 is 0 Å². The molecule has 1 saturated heterocycles. The van der Waals surface area contributed by atoms with Crippen LogP contribution in [0.4, 0.5) is 13.2 Å². The SMILES string of the molecule is O=C(c1cccc2c1ncn2CC(F)(F)F)N1CCC(O)(c2ccccc2)C2CCCCC21. The van der Waals surface area contributed by atoms with Gasteiger partial charge >= 0.3 is 6.18 Å². The van der Waals surface area contributed by atoms with E-state index in [4.69, 9.17) is 0 Å². The van der Waals surface area contributed by atoms with E-state index in [1.165, 1.54) is 0 Å². The minimum absolute atomic E-state index is 0.0895. The normalized spacial score (nSPS) is 25.8. The number of imidazole rings is 1. The van der Waals surface area contributed by atoms with E-state index < -0.39 is 18.3 Å². The molecular weight excluding hydrogens is 431 g/mol. The molecular formula is C25H26F3N3O2. The highest BCUT2D eigenvalue weighted by molar-refractivity contribution is 6.05. The number of nitrogens with zero attached hydrogens (tertiary/aromatic N) is 3. The second kappa shape index (κ2) is 8.17. The topological polar surface area (TPSA) is 58.4 Å². The smallest absolute Gasteiger partial charge is 0.385 e. The van der Waals surface area contributed by atoms with Crippen LogP contribution in [0.2, 0.25) is 0 Å². The van der Waals surface area contributed by atoms with E-state index in [9.17, 15) is 23.1 Å². The van der Waals surface area contributed by atoms with E-state index >= 15 is 0 Å². The van der Waals surface area contributed by atoms with Crippen molar-refractivity contribution in [3.63, 3.8) is 0 Å². The molecule has 1 aliphatic heterocycles. The molecule has 1 N–H and O–H groups in total. The van der Waals surface area contributed by atoms with Crippen molar-refractivity contribution in [2.75, 3.05) is 6.54 Å². The minimum atomic E-state index is -4.38. The van der Waals surface area contributed by atoms with E-state index in [1.54, 1.807) is 18.2 Å². The Balaban J connectivity index is 1.48. The molecule has 0 radical (unpaired) electrons. The van der Waals surface area contributed by atoms with Gasteiger partial charge in [0.2, 0.25) is 0 Å². The van der Waals surface area contributed by atoms with Gasteiger partial charge in [-0.3, -0.25) is 4.79 Å². The molecule has 1 amide bonds. The van der Waals surface area contributed by atoms with Gasteiger partial charge in [-0.2, -0.15) is 13.2 Å². The summed E-state index contributed by atoms with van der Waals surface area (Å²) in [6, 6.07) is 14.3. The Labute approximate surface area is 189 Å². The zero-order valence-corrected chi connectivity index (χ0v) is 18.1. The van der Waals surface area contributed by atoms with Gasteiger partial charge in [-0.15, -0.1) is 0 Å². The zero-order valence-electron chi connectivity index (χ0n) is 18.1. The van der Waals surface area contributed by atoms with E-state index in [2.05, 4.69) is 4.98 Å². The van der Waals surface area contributed by atoms with Crippen LogP contribution in [0, 0.1) is 5.92 Å². The van der Waals surface area contributed by atoms with Gasteiger partial charge in [0.15, 0.2) is 0 Å². The lowest BCUT2D eigenvalue weighted by molar-refractivity contribution is -0.140. The number of alkyl halides is 3. The number of hydrogen-bond acceptors (Lipinski definition) is 3. The molecule has 3 atom stereocenters. The van der Waals surface area contributed by atoms with Crippen molar-refractivity contribution in [3.8, 4) is 0 Å². The number of benzene rings is 2. The van der Waals surface area contributed by atoms with Gasteiger partial charge in [0.25, 0.3) is 5.91 Å². The van der Waals surface area contributed by atoms with Crippen LogP contribution in [-0.4, -0.2) is 44.2 Å². The summed E-state index contributed by atoms with van der Waals surface area (Å²) in [5, 5.41) is 11.7. The summed E-state index contributed by atoms with van der Waals surface area (Å²) in [5.74, 6) is -0.321. The molecule has 174 valence electrons. The Morgan fingerprint density at radius 2 is 1.85 bits per heavy atom. The summed E-state index contributed by atoms with van der Waals surface area (Å²) in [6.07, 6.45) is 0.771. The molecule has 2 heterocycles. The van der Waals surface area contributed by atoms with Crippen LogP contribution in [0.25, 0.3) is 11.0 Å². The molecule has 1 aliphatic carbocycles. The van der Waals surface area contributed by atoms with Crippen molar-refractivity contribution in [3.05, 3.63) is 66.0 Å². The summed E-state index contributed by atoms with van der Waals surface area (Å²) in [6.45, 7) is -0.773. The fourth-order valence-corrected chi connectivity index (χ4v) is 5.76. The van der Waals surface area contributed by atoms with E-state index in [-0.39, 0.29) is 28.9 Å². The molecule has 2 aliphatic rings. The molecule has 2 aromatic carbocycles. The number of aromatic nitrogens is 2. The van der Waals surface area contributed by atoms with Gasteiger partial charge in [0.05, 0.1) is 23.0 Å². The van der Waals surface area contributed by atoms with E-state index in [1.807, 2.05) is 35.2 Å². The Hall–Kier alpha value is -2.87. The maximum Gasteiger partial charge on any atom is 0.406 e. The Morgan fingerprint density at radius 3 is 2.61 bits per heavy atom. The summed E-state index contributed by atoms with van der Waals surface area (Å²) >= 11 is 0. The molecule has 8 heteroatoms. The summed E-state index contributed by atoms with van der Waals surface area (Å²) in [7, 11) is 0. The first-order chi connectivity index (χ1) is 15.8. The summed E-state index contributed by atoms with van der Waals surface area (Å²) in [5.41, 5.74) is 0.757. The number of aliphatic hydroxyl groups is 1. The quantitative estimate of drug-likeness (QED) is 0.609. The molecule has 1 saturated carbocycles. The molecule has 33 heavy (non-hydrogen) atoms. The van der Waals surface area contributed by atoms with Crippen molar-refractivity contribution < 1.29 is 23.1 Å². The molecule has 3 unspecified atom stereocenters. The molecule has 1 aromatic heterocycles. The molecule has 5 rings (SSSR count). The van der Waals surface area contributed by atoms with Gasteiger partial charge < -0.3 is 14.6 Å². The highest BCUT2D eigenvalue weighted by atomic mass is 19.4. The van der Waals surface area contributed by atoms with Gasteiger partial charge in [0, 0.05) is 18.5 Å². The first-order valence-electron chi connectivity index (χ1n) is 11.4. The van der Waals surface area contributed by atoms with Gasteiger partial charge in [-0.25, -0.2) is 4.98 Å². The lowest BCUT2D eigenvalue weighted by atomic mass is 9.66. The van der Waals surface area contributed by atoms with Gasteiger partial charge in [-0.05, 0) is 37.0 Å². The maximum absolute atomic E-state index is 13.7. The average Bonchev–Trinajstić information content (AvgIpc) is 3.21. The van der Waals surface area contributed by atoms with Crippen molar-refractivity contribution in [2.45, 2.75) is 56.5 Å². The second-order valence-electron chi connectivity index (χ2n) is 9.16. The van der Waals surface area contributed by atoms with Crippen LogP contribution < -0.4 is 0 Å². The van der Waals surface area contributed by atoms with Gasteiger partial charge in [0.1, 0.15) is 12.1 Å². The lowest BCUT2D eigenvalue weighted by Gasteiger charge is -2.52. The average molecular weight is 457 g/mol. The number of rotatable bonds is 3. The first kappa shape index (κ1) is 21.9. The van der Waals surface area contributed by atoms with Crippen LogP contribution in [-0.2, 0) is 12.1 Å². The van der Waals surface area contributed by atoms with Crippen LogP contribution in [0.5, 0.6) is 0 Å². The third kappa shape index (κ3) is 3.90. The van der Waals surface area contributed by atoms with Crippen molar-refractivity contribution in [1.29, 1.82) is 0 Å². The molecule has 5 nitrogen and oxygen atoms in total. The maximum atomic E-state index is 13.7. The van der Waals surface area contributed by atoms with E-state index in [0.29, 0.717) is 18.5 Å². The predicted molar refractivity (Wildman–Crippen MR) is 118 cm³/mol. The third-order valence-corrected chi connectivity index (χ3v) is 7.24. The highest BCUT2D eigenvalue weighted by Gasteiger charge is 2.50. The standard InChI is InChI=1S/C25H26F3N3O2/c26-25(27,28)15-30-16-29-22-18(9-6-12-21(22)30)23(32)31-14-13-24(33,17-7-2-1-3-8-17)19-10-4-5-11-20(19)31/h1-3,6-9,12,16,19-20,33H,4-5,10-11,13-15H2. The number of carbonyl (C=O) groups excluding carboxylic acids is 1. The third-order valence-electron chi connectivity index (χ3n) is 7.24. The molecule has 2 fully saturated rings. The van der Waals surface area contributed by atoms with Crippen LogP contribution in [0.15, 0.2) is 54.9 Å². The number of piperidine rings is 1. The fourth-order valence-electron chi connectivity index (χ4n) is 5.76. The highest BCUT2D eigenvalue weighted by Crippen LogP contribution is 2.47. The monoisotopic (exact) mass is 457 g/mol. The Kier molecular flexibility index (Phi) is 5.43. The zero-order chi connectivity index (χ0) is 23.2. The van der Waals surface area contributed by atoms with Crippen LogP contribution in [0.3, 0.4) is 0 Å². The molecule has 3 aromatic rings. The first-order valence-corrected chi connectivity index (χ1v) is 11.4. The number of likely N-dealkylation sites (tertiary alicyclic amines) is 1. The van der Waals surface area contributed by atoms with Crippen molar-refractivity contribution >= 4 is 16.9 Å². The number of hydrogen-bond donors (Lipinski definition) is 1. The Bertz CT molecular complexity index is 1160. The molecule has 0 spiro atoms. The fraction of sp³-hybridized carbons (Fsp3) is 0.440. The number of carbonyl (C=O) groups is 1. The number of para-hydroxylation sites is 1. The Morgan fingerprint density at radius 1 is 1.09 bits per heavy atom. The number of fused-ring (bicyclic) bond motifs is 2. The lowest BCUT2D eigenvalue weighted by Crippen LogP contribution is -2.59. The van der Waals surface area contributed by atoms with Crippen molar-refractivity contribution in [2.24, 2.45) is 5.92 Å². The largest absolute Gasteiger partial charge is 0.406 e. The van der Waals surface area contributed by atoms with Gasteiger partial charge in [-0.1, -0.05) is 49.2 Å². The van der Waals surface area contributed by atoms with Crippen LogP contribution in [0.1, 0.15) is 48.0 Å². The van der Waals surface area contributed by atoms with E-state index in [0.717, 1.165) is 42.1 Å². The number of amides is 1.